The Kier molecular flexibility index (Phi) is 6.58. The maximum Gasteiger partial charge on any atom is 0.333 e. The normalized spacial score (nSPS) is 11.1. The SMILES string of the molecule is CCCCn1c(=O)n(CC(=O)Nc2cccc(C(C)=O)c2)c(=O)c2c1ncn2Cc1ccco1. The average molecular weight is 463 g/mol. The molecule has 4 rings (SSSR count). The van der Waals surface area contributed by atoms with Crippen molar-refractivity contribution in [2.45, 2.75) is 46.3 Å². The van der Waals surface area contributed by atoms with Crippen LogP contribution in [-0.4, -0.2) is 30.4 Å². The summed E-state index contributed by atoms with van der Waals surface area (Å²) >= 11 is 0. The lowest BCUT2D eigenvalue weighted by atomic mass is 10.1. The van der Waals surface area contributed by atoms with Crippen LogP contribution in [0.4, 0.5) is 5.69 Å². The molecule has 1 N–H and O–H groups in total. The fourth-order valence-corrected chi connectivity index (χ4v) is 3.75. The number of aromatic nitrogens is 4. The second-order valence-electron chi connectivity index (χ2n) is 7.99. The molecule has 10 heteroatoms. The first kappa shape index (κ1) is 23.0. The Morgan fingerprint density at radius 1 is 1.12 bits per heavy atom. The zero-order valence-corrected chi connectivity index (χ0v) is 19.0. The highest BCUT2D eigenvalue weighted by Gasteiger charge is 2.20. The van der Waals surface area contributed by atoms with Gasteiger partial charge in [-0.1, -0.05) is 25.5 Å². The van der Waals surface area contributed by atoms with Gasteiger partial charge in [0.1, 0.15) is 12.3 Å². The molecule has 176 valence electrons. The van der Waals surface area contributed by atoms with Crippen LogP contribution in [0.3, 0.4) is 0 Å². The number of nitrogens with zero attached hydrogens (tertiary/aromatic N) is 4. The smallest absolute Gasteiger partial charge is 0.333 e. The monoisotopic (exact) mass is 463 g/mol. The summed E-state index contributed by atoms with van der Waals surface area (Å²) in [6, 6.07) is 9.99. The summed E-state index contributed by atoms with van der Waals surface area (Å²) in [7, 11) is 0. The van der Waals surface area contributed by atoms with Crippen molar-refractivity contribution in [3.8, 4) is 0 Å². The molecule has 0 fully saturated rings. The summed E-state index contributed by atoms with van der Waals surface area (Å²) in [5.41, 5.74) is 0.145. The molecule has 3 heterocycles. The maximum absolute atomic E-state index is 13.4. The number of carbonyl (C=O) groups is 2. The number of hydrogen-bond acceptors (Lipinski definition) is 6. The number of anilines is 1. The lowest BCUT2D eigenvalue weighted by Crippen LogP contribution is -2.43. The molecule has 10 nitrogen and oxygen atoms in total. The van der Waals surface area contributed by atoms with Crippen LogP contribution in [0.1, 0.15) is 42.8 Å². The molecule has 0 spiro atoms. The number of imidazole rings is 1. The number of rotatable bonds is 9. The van der Waals surface area contributed by atoms with Crippen LogP contribution in [0.2, 0.25) is 0 Å². The molecule has 1 aromatic carbocycles. The molecule has 0 unspecified atom stereocenters. The van der Waals surface area contributed by atoms with E-state index in [0.717, 1.165) is 11.0 Å². The van der Waals surface area contributed by atoms with E-state index in [0.29, 0.717) is 30.0 Å². The summed E-state index contributed by atoms with van der Waals surface area (Å²) in [5.74, 6) is -0.0700. The molecule has 3 aromatic heterocycles. The van der Waals surface area contributed by atoms with Crippen LogP contribution in [0, 0.1) is 0 Å². The quantitative estimate of drug-likeness (QED) is 0.381. The Morgan fingerprint density at radius 2 is 1.94 bits per heavy atom. The van der Waals surface area contributed by atoms with Crippen LogP contribution in [0.5, 0.6) is 0 Å². The summed E-state index contributed by atoms with van der Waals surface area (Å²) in [6.45, 7) is 3.58. The minimum absolute atomic E-state index is 0.138. The van der Waals surface area contributed by atoms with Gasteiger partial charge in [0.15, 0.2) is 16.9 Å². The molecule has 34 heavy (non-hydrogen) atoms. The lowest BCUT2D eigenvalue weighted by Gasteiger charge is -2.12. The lowest BCUT2D eigenvalue weighted by molar-refractivity contribution is -0.116. The number of fused-ring (bicyclic) bond motifs is 1. The highest BCUT2D eigenvalue weighted by molar-refractivity contribution is 5.97. The van der Waals surface area contributed by atoms with Crippen molar-refractivity contribution in [2.24, 2.45) is 0 Å². The minimum Gasteiger partial charge on any atom is -0.467 e. The third kappa shape index (κ3) is 4.61. The van der Waals surface area contributed by atoms with Gasteiger partial charge in [-0.15, -0.1) is 0 Å². The van der Waals surface area contributed by atoms with Crippen molar-refractivity contribution in [3.05, 3.63) is 81.2 Å². The van der Waals surface area contributed by atoms with E-state index in [1.54, 1.807) is 41.0 Å². The molecule has 0 saturated heterocycles. The van der Waals surface area contributed by atoms with E-state index in [1.807, 2.05) is 6.92 Å². The van der Waals surface area contributed by atoms with Gasteiger partial charge >= 0.3 is 5.69 Å². The van der Waals surface area contributed by atoms with Crippen LogP contribution < -0.4 is 16.6 Å². The van der Waals surface area contributed by atoms with Gasteiger partial charge in [0, 0.05) is 17.8 Å². The van der Waals surface area contributed by atoms with E-state index in [1.165, 1.54) is 24.1 Å². The molecule has 1 amide bonds. The van der Waals surface area contributed by atoms with E-state index >= 15 is 0 Å². The first-order valence-corrected chi connectivity index (χ1v) is 11.0. The molecule has 0 saturated carbocycles. The van der Waals surface area contributed by atoms with Crippen LogP contribution in [0.15, 0.2) is 63.0 Å². The van der Waals surface area contributed by atoms with Gasteiger partial charge in [0.2, 0.25) is 5.91 Å². The Balaban J connectivity index is 1.73. The number of ketones is 1. The number of amides is 1. The van der Waals surface area contributed by atoms with Gasteiger partial charge in [-0.2, -0.15) is 0 Å². The third-order valence-electron chi connectivity index (χ3n) is 5.48. The number of Topliss-reactive ketones (excluding diaryl/α,β-unsaturated/α-hetero) is 1. The zero-order valence-electron chi connectivity index (χ0n) is 19.0. The third-order valence-corrected chi connectivity index (χ3v) is 5.48. The van der Waals surface area contributed by atoms with Crippen LogP contribution >= 0.6 is 0 Å². The van der Waals surface area contributed by atoms with Gasteiger partial charge in [-0.05, 0) is 37.6 Å². The highest BCUT2D eigenvalue weighted by atomic mass is 16.3. The average Bonchev–Trinajstić information content (AvgIpc) is 3.47. The molecule has 0 atom stereocenters. The van der Waals surface area contributed by atoms with Crippen molar-refractivity contribution in [2.75, 3.05) is 5.32 Å². The van der Waals surface area contributed by atoms with Gasteiger partial charge in [-0.3, -0.25) is 19.0 Å². The van der Waals surface area contributed by atoms with Gasteiger partial charge in [0.25, 0.3) is 5.56 Å². The Hall–Kier alpha value is -4.21. The number of furan rings is 1. The first-order chi connectivity index (χ1) is 16.4. The molecule has 0 aliphatic heterocycles. The fourth-order valence-electron chi connectivity index (χ4n) is 3.75. The maximum atomic E-state index is 13.4. The van der Waals surface area contributed by atoms with Crippen LogP contribution in [0.25, 0.3) is 11.2 Å². The molecule has 0 aliphatic carbocycles. The Bertz CT molecular complexity index is 1460. The molecular formula is C24H25N5O5. The second-order valence-corrected chi connectivity index (χ2v) is 7.99. The number of benzene rings is 1. The number of aryl methyl sites for hydroxylation is 1. The van der Waals surface area contributed by atoms with E-state index in [9.17, 15) is 19.2 Å². The number of hydrogen-bond donors (Lipinski definition) is 1. The molecule has 0 radical (unpaired) electrons. The molecule has 0 bridgehead atoms. The standard InChI is InChI=1S/C24H25N5O5/c1-3-4-10-28-22-21(27(15-25-22)13-19-9-6-11-34-19)23(32)29(24(28)33)14-20(31)26-18-8-5-7-17(12-18)16(2)30/h5-9,11-12,15H,3-4,10,13-14H2,1-2H3,(H,26,31). The van der Waals surface area contributed by atoms with Gasteiger partial charge in [0.05, 0.1) is 19.1 Å². The summed E-state index contributed by atoms with van der Waals surface area (Å²) in [5, 5.41) is 2.66. The number of unbranched alkanes of at least 4 members (excludes halogenated alkanes) is 1. The van der Waals surface area contributed by atoms with E-state index < -0.39 is 23.7 Å². The number of nitrogens with one attached hydrogen (secondary N) is 1. The molecule has 4 aromatic rings. The van der Waals surface area contributed by atoms with E-state index in [4.69, 9.17) is 4.42 Å². The van der Waals surface area contributed by atoms with Gasteiger partial charge in [-0.25, -0.2) is 14.3 Å². The van der Waals surface area contributed by atoms with E-state index in [2.05, 4.69) is 10.3 Å². The Labute approximate surface area is 194 Å². The topological polar surface area (TPSA) is 121 Å². The second kappa shape index (κ2) is 9.74. The fraction of sp³-hybridized carbons (Fsp3) is 0.292. The number of carbonyl (C=O) groups excluding carboxylic acids is 2. The van der Waals surface area contributed by atoms with E-state index in [-0.39, 0.29) is 23.5 Å². The summed E-state index contributed by atoms with van der Waals surface area (Å²) in [6.07, 6.45) is 4.58. The summed E-state index contributed by atoms with van der Waals surface area (Å²) < 4.78 is 9.35. The molecule has 0 aliphatic rings. The summed E-state index contributed by atoms with van der Waals surface area (Å²) in [4.78, 5) is 55.3. The largest absolute Gasteiger partial charge is 0.467 e. The van der Waals surface area contributed by atoms with Crippen molar-refractivity contribution < 1.29 is 14.0 Å². The van der Waals surface area contributed by atoms with Crippen molar-refractivity contribution >= 4 is 28.5 Å². The van der Waals surface area contributed by atoms with Crippen molar-refractivity contribution in [3.63, 3.8) is 0 Å². The minimum atomic E-state index is -0.607. The first-order valence-electron chi connectivity index (χ1n) is 11.0. The Morgan fingerprint density at radius 3 is 2.65 bits per heavy atom. The van der Waals surface area contributed by atoms with Gasteiger partial charge < -0.3 is 14.3 Å². The highest BCUT2D eigenvalue weighted by Crippen LogP contribution is 2.13. The zero-order chi connectivity index (χ0) is 24.2. The predicted molar refractivity (Wildman–Crippen MR) is 126 cm³/mol. The van der Waals surface area contributed by atoms with Crippen LogP contribution in [-0.2, 0) is 24.4 Å². The van der Waals surface area contributed by atoms with Crippen molar-refractivity contribution in [1.29, 1.82) is 0 Å². The predicted octanol–water partition coefficient (Wildman–Crippen LogP) is 2.64. The van der Waals surface area contributed by atoms with Crippen molar-refractivity contribution in [1.82, 2.24) is 18.7 Å². The molecular weight excluding hydrogens is 438 g/mol.